The maximum atomic E-state index is 10.1. The minimum atomic E-state index is -0.556. The second kappa shape index (κ2) is 4.74. The van der Waals surface area contributed by atoms with Crippen molar-refractivity contribution in [2.45, 2.75) is 19.1 Å². The molecule has 0 aromatic heterocycles. The quantitative estimate of drug-likeness (QED) is 0.690. The number of nitrogens with two attached hydrogens (primary N) is 1. The van der Waals surface area contributed by atoms with Crippen LogP contribution in [0.1, 0.15) is 11.1 Å². The van der Waals surface area contributed by atoms with Gasteiger partial charge >= 0.3 is 0 Å². The Labute approximate surface area is 77.2 Å². The molecule has 1 aromatic rings. The number of carbonyl (C=O) groups excluding carboxylic acids is 1. The van der Waals surface area contributed by atoms with Crippen molar-refractivity contribution >= 4 is 6.29 Å². The highest BCUT2D eigenvalue weighted by Gasteiger charge is 2.02. The summed E-state index contributed by atoms with van der Waals surface area (Å²) in [6.45, 7) is 0.0339. The van der Waals surface area contributed by atoms with Gasteiger partial charge in [-0.2, -0.15) is 0 Å². The van der Waals surface area contributed by atoms with Crippen LogP contribution in [0.3, 0.4) is 0 Å². The van der Waals surface area contributed by atoms with E-state index < -0.39 is 6.04 Å². The largest absolute Gasteiger partial charge is 0.392 e. The zero-order valence-corrected chi connectivity index (χ0v) is 7.23. The molecule has 69 valence electrons. The Morgan fingerprint density at radius 1 is 1.31 bits per heavy atom. The van der Waals surface area contributed by atoms with Crippen molar-refractivity contribution in [3.63, 3.8) is 0 Å². The van der Waals surface area contributed by atoms with Gasteiger partial charge in [0.1, 0.15) is 0 Å². The van der Waals surface area contributed by atoms with Gasteiger partial charge in [0.2, 0.25) is 6.29 Å². The van der Waals surface area contributed by atoms with Crippen LogP contribution < -0.4 is 5.73 Å². The second-order valence-corrected chi connectivity index (χ2v) is 2.90. The van der Waals surface area contributed by atoms with Gasteiger partial charge < -0.3 is 10.8 Å². The van der Waals surface area contributed by atoms with Gasteiger partial charge in [-0.3, -0.25) is 4.79 Å². The lowest BCUT2D eigenvalue weighted by Gasteiger charge is -2.03. The number of aliphatic hydroxyl groups is 1. The highest BCUT2D eigenvalue weighted by atomic mass is 16.3. The molecule has 0 aliphatic rings. The third-order valence-corrected chi connectivity index (χ3v) is 1.81. The molecular weight excluding hydrogens is 166 g/mol. The Bertz CT molecular complexity index is 269. The van der Waals surface area contributed by atoms with Crippen LogP contribution in [0.25, 0.3) is 0 Å². The maximum Gasteiger partial charge on any atom is 0.217 e. The van der Waals surface area contributed by atoms with Crippen molar-refractivity contribution in [1.29, 1.82) is 0 Å². The Morgan fingerprint density at radius 2 is 1.85 bits per heavy atom. The third kappa shape index (κ3) is 2.97. The first kappa shape index (κ1) is 9.89. The molecule has 0 aliphatic carbocycles. The lowest BCUT2D eigenvalue weighted by Crippen LogP contribution is -2.23. The molecule has 3 heteroatoms. The summed E-state index contributed by atoms with van der Waals surface area (Å²) < 4.78 is 0. The molecular formula is C10H12NO2. The monoisotopic (exact) mass is 178 g/mol. The van der Waals surface area contributed by atoms with E-state index in [4.69, 9.17) is 10.8 Å². The average molecular weight is 178 g/mol. The van der Waals surface area contributed by atoms with Gasteiger partial charge in [-0.05, 0) is 17.5 Å². The van der Waals surface area contributed by atoms with E-state index in [9.17, 15) is 4.79 Å². The van der Waals surface area contributed by atoms with Crippen molar-refractivity contribution in [2.24, 2.45) is 5.73 Å². The van der Waals surface area contributed by atoms with Gasteiger partial charge in [0.15, 0.2) is 0 Å². The van der Waals surface area contributed by atoms with Crippen LogP contribution in [-0.2, 0) is 17.8 Å². The van der Waals surface area contributed by atoms with Crippen LogP contribution in [0.15, 0.2) is 24.3 Å². The van der Waals surface area contributed by atoms with Crippen molar-refractivity contribution in [1.82, 2.24) is 0 Å². The standard InChI is InChI=1S/C10H12NO2/c11-10(7-13)5-8-1-3-9(6-12)4-2-8/h1-4,10,12H,5-6,11H2/t10-/m0/s1. The molecule has 1 aromatic carbocycles. The summed E-state index contributed by atoms with van der Waals surface area (Å²) in [6.07, 6.45) is 2.22. The zero-order chi connectivity index (χ0) is 9.68. The molecule has 0 amide bonds. The van der Waals surface area contributed by atoms with Crippen LogP contribution in [0.4, 0.5) is 0 Å². The molecule has 0 unspecified atom stereocenters. The van der Waals surface area contributed by atoms with Gasteiger partial charge in [0.05, 0.1) is 12.6 Å². The summed E-state index contributed by atoms with van der Waals surface area (Å²) >= 11 is 0. The fourth-order valence-corrected chi connectivity index (χ4v) is 1.08. The Kier molecular flexibility index (Phi) is 3.61. The maximum absolute atomic E-state index is 10.1. The number of hydrogen-bond donors (Lipinski definition) is 2. The number of rotatable bonds is 4. The highest BCUT2D eigenvalue weighted by Crippen LogP contribution is 2.05. The van der Waals surface area contributed by atoms with Crippen molar-refractivity contribution in [2.75, 3.05) is 0 Å². The van der Waals surface area contributed by atoms with E-state index in [2.05, 4.69) is 0 Å². The molecule has 0 saturated heterocycles. The number of benzene rings is 1. The van der Waals surface area contributed by atoms with Gasteiger partial charge in [0, 0.05) is 0 Å². The minimum absolute atomic E-state index is 0.0339. The SMILES string of the molecule is N[C@H]([C]=O)Cc1ccc(CO)cc1. The van der Waals surface area contributed by atoms with E-state index in [1.165, 1.54) is 0 Å². The molecule has 13 heavy (non-hydrogen) atoms. The van der Waals surface area contributed by atoms with E-state index >= 15 is 0 Å². The Balaban J connectivity index is 2.63. The molecule has 0 bridgehead atoms. The Hall–Kier alpha value is -1.19. The summed E-state index contributed by atoms with van der Waals surface area (Å²) in [6, 6.07) is 6.77. The van der Waals surface area contributed by atoms with Crippen LogP contribution in [-0.4, -0.2) is 17.4 Å². The molecule has 0 fully saturated rings. The molecule has 1 rings (SSSR count). The first-order chi connectivity index (χ1) is 6.26. The molecule has 0 saturated carbocycles. The number of hydrogen-bond acceptors (Lipinski definition) is 3. The van der Waals surface area contributed by atoms with Gasteiger partial charge in [-0.15, -0.1) is 0 Å². The topological polar surface area (TPSA) is 63.3 Å². The second-order valence-electron chi connectivity index (χ2n) is 2.90. The van der Waals surface area contributed by atoms with Gasteiger partial charge in [-0.1, -0.05) is 24.3 Å². The highest BCUT2D eigenvalue weighted by molar-refractivity contribution is 5.58. The lowest BCUT2D eigenvalue weighted by molar-refractivity contribution is 0.282. The fraction of sp³-hybridized carbons (Fsp3) is 0.300. The van der Waals surface area contributed by atoms with Crippen LogP contribution in [0.2, 0.25) is 0 Å². The first-order valence-electron chi connectivity index (χ1n) is 4.08. The average Bonchev–Trinajstić information content (AvgIpc) is 2.19. The van der Waals surface area contributed by atoms with Crippen molar-refractivity contribution < 1.29 is 9.90 Å². The van der Waals surface area contributed by atoms with E-state index in [1.807, 2.05) is 24.3 Å². The molecule has 1 radical (unpaired) electrons. The third-order valence-electron chi connectivity index (χ3n) is 1.81. The smallest absolute Gasteiger partial charge is 0.217 e. The normalized spacial score (nSPS) is 12.5. The Morgan fingerprint density at radius 3 is 2.31 bits per heavy atom. The molecule has 1 atom stereocenters. The fourth-order valence-electron chi connectivity index (χ4n) is 1.08. The summed E-state index contributed by atoms with van der Waals surface area (Å²) in [4.78, 5) is 10.1. The minimum Gasteiger partial charge on any atom is -0.392 e. The summed E-state index contributed by atoms with van der Waals surface area (Å²) in [5, 5.41) is 8.77. The predicted molar refractivity (Wildman–Crippen MR) is 49.7 cm³/mol. The van der Waals surface area contributed by atoms with Crippen molar-refractivity contribution in [3.05, 3.63) is 35.4 Å². The molecule has 0 heterocycles. The predicted octanol–water partition coefficient (Wildman–Crippen LogP) is 0.158. The van der Waals surface area contributed by atoms with E-state index in [1.54, 1.807) is 6.29 Å². The number of aliphatic hydroxyl groups excluding tert-OH is 1. The van der Waals surface area contributed by atoms with Gasteiger partial charge in [0.25, 0.3) is 0 Å². The summed E-state index contributed by atoms with van der Waals surface area (Å²) in [7, 11) is 0. The van der Waals surface area contributed by atoms with Crippen LogP contribution >= 0.6 is 0 Å². The summed E-state index contributed by atoms with van der Waals surface area (Å²) in [5.74, 6) is 0. The van der Waals surface area contributed by atoms with E-state index in [0.29, 0.717) is 6.42 Å². The van der Waals surface area contributed by atoms with E-state index in [0.717, 1.165) is 11.1 Å². The lowest BCUT2D eigenvalue weighted by atomic mass is 10.1. The van der Waals surface area contributed by atoms with Gasteiger partial charge in [-0.25, -0.2) is 0 Å². The van der Waals surface area contributed by atoms with Crippen LogP contribution in [0, 0.1) is 0 Å². The zero-order valence-electron chi connectivity index (χ0n) is 7.23. The van der Waals surface area contributed by atoms with Crippen molar-refractivity contribution in [3.8, 4) is 0 Å². The van der Waals surface area contributed by atoms with Crippen LogP contribution in [0.5, 0.6) is 0 Å². The molecule has 3 N–H and O–H groups in total. The van der Waals surface area contributed by atoms with E-state index in [-0.39, 0.29) is 6.61 Å². The molecule has 3 nitrogen and oxygen atoms in total. The summed E-state index contributed by atoms with van der Waals surface area (Å²) in [5.41, 5.74) is 7.24. The molecule has 0 spiro atoms. The first-order valence-corrected chi connectivity index (χ1v) is 4.08. The molecule has 0 aliphatic heterocycles.